The molecule has 3 rings (SSSR count). The summed E-state index contributed by atoms with van der Waals surface area (Å²) in [5, 5.41) is 0.909. The van der Waals surface area contributed by atoms with Gasteiger partial charge in [-0.3, -0.25) is 4.79 Å². The Balaban J connectivity index is 1.89. The first-order valence-electron chi connectivity index (χ1n) is 7.00. The highest BCUT2D eigenvalue weighted by Gasteiger charge is 2.28. The molecule has 0 fully saturated rings. The predicted molar refractivity (Wildman–Crippen MR) is 82.1 cm³/mol. The lowest BCUT2D eigenvalue weighted by atomic mass is 10.1. The first-order valence-corrected chi connectivity index (χ1v) is 7.82. The molecule has 1 heterocycles. The number of carbonyl (C=O) groups excluding carboxylic acids is 1. The molecule has 0 spiro atoms. The van der Waals surface area contributed by atoms with Crippen molar-refractivity contribution in [3.8, 4) is 5.75 Å². The van der Waals surface area contributed by atoms with Crippen molar-refractivity contribution in [3.05, 3.63) is 63.8 Å². The Morgan fingerprint density at radius 1 is 0.960 bits per heavy atom. The number of halogens is 5. The van der Waals surface area contributed by atoms with Crippen LogP contribution in [0.2, 0.25) is 0 Å². The lowest BCUT2D eigenvalue weighted by Gasteiger charge is -2.08. The number of aryl methyl sites for hydroxylation is 1. The van der Waals surface area contributed by atoms with E-state index >= 15 is 0 Å². The van der Waals surface area contributed by atoms with Gasteiger partial charge in [0.2, 0.25) is 34.8 Å². The molecule has 3 aromatic rings. The predicted octanol–water partition coefficient (Wildman–Crippen LogP) is 5.05. The van der Waals surface area contributed by atoms with Crippen LogP contribution < -0.4 is 4.74 Å². The maximum atomic E-state index is 13.6. The number of carbonyl (C=O) groups is 1. The second-order valence-corrected chi connectivity index (χ2v) is 6.33. The van der Waals surface area contributed by atoms with Gasteiger partial charge in [-0.2, -0.15) is 8.78 Å². The highest BCUT2D eigenvalue weighted by molar-refractivity contribution is 7.19. The summed E-state index contributed by atoms with van der Waals surface area (Å²) < 4.78 is 71.7. The maximum Gasteiger partial charge on any atom is 0.316 e. The lowest BCUT2D eigenvalue weighted by molar-refractivity contribution is -0.134. The SMILES string of the molecule is Cc1c(CC(=O)Oc2c(F)c(F)c(F)c(F)c2F)sc2ccccc12. The number of fused-ring (bicyclic) bond motifs is 1. The monoisotopic (exact) mass is 372 g/mol. The van der Waals surface area contributed by atoms with Crippen molar-refractivity contribution in [2.75, 3.05) is 0 Å². The summed E-state index contributed by atoms with van der Waals surface area (Å²) in [5.74, 6) is -13.7. The van der Waals surface area contributed by atoms with Crippen LogP contribution in [0.3, 0.4) is 0 Å². The Labute approximate surface area is 142 Å². The summed E-state index contributed by atoms with van der Waals surface area (Å²) in [4.78, 5) is 12.5. The fraction of sp³-hybridized carbons (Fsp3) is 0.118. The third kappa shape index (κ3) is 2.97. The van der Waals surface area contributed by atoms with Gasteiger partial charge in [0.25, 0.3) is 0 Å². The zero-order valence-electron chi connectivity index (χ0n) is 12.6. The van der Waals surface area contributed by atoms with E-state index in [1.165, 1.54) is 11.3 Å². The Bertz CT molecular complexity index is 967. The van der Waals surface area contributed by atoms with Crippen LogP contribution in [0.1, 0.15) is 10.4 Å². The number of hydrogen-bond acceptors (Lipinski definition) is 3. The molecule has 130 valence electrons. The molecule has 2 nitrogen and oxygen atoms in total. The molecular weight excluding hydrogens is 363 g/mol. The third-order valence-electron chi connectivity index (χ3n) is 3.63. The normalized spacial score (nSPS) is 11.1. The average Bonchev–Trinajstić information content (AvgIpc) is 2.91. The Kier molecular flexibility index (Phi) is 4.47. The van der Waals surface area contributed by atoms with Gasteiger partial charge in [-0.1, -0.05) is 18.2 Å². The van der Waals surface area contributed by atoms with Crippen molar-refractivity contribution in [1.82, 2.24) is 0 Å². The first-order chi connectivity index (χ1) is 11.8. The van der Waals surface area contributed by atoms with Crippen LogP contribution in [0.15, 0.2) is 24.3 Å². The van der Waals surface area contributed by atoms with Gasteiger partial charge in [0.05, 0.1) is 6.42 Å². The number of rotatable bonds is 3. The van der Waals surface area contributed by atoms with Gasteiger partial charge >= 0.3 is 5.97 Å². The van der Waals surface area contributed by atoms with Crippen LogP contribution in [-0.4, -0.2) is 5.97 Å². The molecule has 0 radical (unpaired) electrons. The van der Waals surface area contributed by atoms with Crippen LogP contribution >= 0.6 is 11.3 Å². The molecule has 25 heavy (non-hydrogen) atoms. The molecule has 0 aliphatic heterocycles. The van der Waals surface area contributed by atoms with Gasteiger partial charge in [-0.05, 0) is 23.9 Å². The maximum absolute atomic E-state index is 13.6. The van der Waals surface area contributed by atoms with Gasteiger partial charge in [-0.25, -0.2) is 13.2 Å². The first kappa shape index (κ1) is 17.3. The smallest absolute Gasteiger partial charge is 0.316 e. The molecule has 0 N–H and O–H groups in total. The van der Waals surface area contributed by atoms with Crippen molar-refractivity contribution >= 4 is 27.4 Å². The molecule has 0 saturated heterocycles. The van der Waals surface area contributed by atoms with Gasteiger partial charge in [0, 0.05) is 9.58 Å². The third-order valence-corrected chi connectivity index (χ3v) is 4.91. The Morgan fingerprint density at radius 3 is 2.12 bits per heavy atom. The van der Waals surface area contributed by atoms with E-state index in [1.807, 2.05) is 24.3 Å². The zero-order chi connectivity index (χ0) is 18.3. The van der Waals surface area contributed by atoms with Crippen molar-refractivity contribution in [2.45, 2.75) is 13.3 Å². The Hall–Kier alpha value is -2.48. The van der Waals surface area contributed by atoms with Crippen LogP contribution in [0.5, 0.6) is 5.75 Å². The minimum Gasteiger partial charge on any atom is -0.420 e. The molecule has 0 aliphatic rings. The van der Waals surface area contributed by atoms with Crippen LogP contribution in [0.25, 0.3) is 10.1 Å². The summed E-state index contributed by atoms with van der Waals surface area (Å²) in [6.07, 6.45) is -0.356. The van der Waals surface area contributed by atoms with Crippen LogP contribution in [0.4, 0.5) is 22.0 Å². The van der Waals surface area contributed by atoms with Gasteiger partial charge in [0.1, 0.15) is 0 Å². The van der Waals surface area contributed by atoms with Crippen LogP contribution in [0, 0.1) is 36.0 Å². The molecular formula is C17H9F5O2S. The highest BCUT2D eigenvalue weighted by atomic mass is 32.1. The molecule has 0 saturated carbocycles. The standard InChI is InChI=1S/C17H9F5O2S/c1-7-8-4-2-3-5-9(8)25-10(7)6-11(23)24-17-15(21)13(19)12(18)14(20)16(17)22/h2-5H,6H2,1H3. The molecule has 0 atom stereocenters. The topological polar surface area (TPSA) is 26.3 Å². The van der Waals surface area contributed by atoms with E-state index in [1.54, 1.807) is 6.92 Å². The number of benzene rings is 2. The average molecular weight is 372 g/mol. The van der Waals surface area contributed by atoms with E-state index in [2.05, 4.69) is 4.74 Å². The van der Waals surface area contributed by atoms with E-state index in [4.69, 9.17) is 0 Å². The van der Waals surface area contributed by atoms with E-state index in [-0.39, 0.29) is 6.42 Å². The fourth-order valence-electron chi connectivity index (χ4n) is 2.35. The Morgan fingerprint density at radius 2 is 1.52 bits per heavy atom. The molecule has 0 aliphatic carbocycles. The summed E-state index contributed by atoms with van der Waals surface area (Å²) in [7, 11) is 0. The summed E-state index contributed by atoms with van der Waals surface area (Å²) in [6.45, 7) is 1.76. The van der Waals surface area contributed by atoms with E-state index in [0.717, 1.165) is 15.6 Å². The molecule has 0 bridgehead atoms. The van der Waals surface area contributed by atoms with Crippen molar-refractivity contribution < 1.29 is 31.5 Å². The highest BCUT2D eigenvalue weighted by Crippen LogP contribution is 2.32. The van der Waals surface area contributed by atoms with Crippen molar-refractivity contribution in [1.29, 1.82) is 0 Å². The number of esters is 1. The molecule has 0 amide bonds. The second kappa shape index (κ2) is 6.44. The molecule has 0 unspecified atom stereocenters. The number of ether oxygens (including phenoxy) is 1. The fourth-order valence-corrected chi connectivity index (χ4v) is 3.55. The van der Waals surface area contributed by atoms with E-state index in [9.17, 15) is 26.7 Å². The van der Waals surface area contributed by atoms with Gasteiger partial charge in [-0.15, -0.1) is 11.3 Å². The minimum atomic E-state index is -2.31. The lowest BCUT2D eigenvalue weighted by Crippen LogP contribution is -2.15. The van der Waals surface area contributed by atoms with E-state index < -0.39 is 40.8 Å². The quantitative estimate of drug-likeness (QED) is 0.211. The molecule has 8 heteroatoms. The summed E-state index contributed by atoms with van der Waals surface area (Å²) in [6, 6.07) is 7.32. The summed E-state index contributed by atoms with van der Waals surface area (Å²) >= 11 is 1.28. The minimum absolute atomic E-state index is 0.356. The van der Waals surface area contributed by atoms with Gasteiger partial charge < -0.3 is 4.74 Å². The summed E-state index contributed by atoms with van der Waals surface area (Å²) in [5.41, 5.74) is 0.787. The largest absolute Gasteiger partial charge is 0.420 e. The van der Waals surface area contributed by atoms with Crippen molar-refractivity contribution in [2.24, 2.45) is 0 Å². The van der Waals surface area contributed by atoms with Crippen LogP contribution in [-0.2, 0) is 11.2 Å². The molecule has 2 aromatic carbocycles. The number of hydrogen-bond donors (Lipinski definition) is 0. The van der Waals surface area contributed by atoms with E-state index in [0.29, 0.717) is 4.88 Å². The number of thiophene rings is 1. The zero-order valence-corrected chi connectivity index (χ0v) is 13.4. The van der Waals surface area contributed by atoms with Crippen molar-refractivity contribution in [3.63, 3.8) is 0 Å². The second-order valence-electron chi connectivity index (χ2n) is 5.20. The molecule has 1 aromatic heterocycles. The van der Waals surface area contributed by atoms with Gasteiger partial charge in [0.15, 0.2) is 0 Å².